The molecule has 0 bridgehead atoms. The van der Waals surface area contributed by atoms with Crippen molar-refractivity contribution < 1.29 is 4.63 Å². The molecule has 0 aromatic carbocycles. The van der Waals surface area contributed by atoms with Gasteiger partial charge in [-0.05, 0) is 5.16 Å². The van der Waals surface area contributed by atoms with E-state index < -0.39 is 8.24 Å². The number of anilines is 1. The predicted molar refractivity (Wildman–Crippen MR) is 41.3 cm³/mol. The van der Waals surface area contributed by atoms with E-state index in [9.17, 15) is 0 Å². The van der Waals surface area contributed by atoms with Crippen LogP contribution in [0.3, 0.4) is 0 Å². The van der Waals surface area contributed by atoms with Crippen LogP contribution in [-0.4, -0.2) is 18.5 Å². The largest absolute Gasteiger partial charge is 0.392 e. The van der Waals surface area contributed by atoms with Crippen LogP contribution in [0.1, 0.15) is 0 Å². The van der Waals surface area contributed by atoms with Gasteiger partial charge in [0.15, 0.2) is 5.82 Å². The minimum Gasteiger partial charge on any atom is -0.392 e. The second-order valence-electron chi connectivity index (χ2n) is 3.17. The predicted octanol–water partition coefficient (Wildman–Crippen LogP) is 1.32. The Morgan fingerprint density at radius 3 is 2.60 bits per heavy atom. The monoisotopic (exact) mass is 157 g/mol. The van der Waals surface area contributed by atoms with Crippen LogP contribution in [0.5, 0.6) is 0 Å². The van der Waals surface area contributed by atoms with Crippen LogP contribution < -0.4 is 4.98 Å². The first-order chi connectivity index (χ1) is 4.58. The minimum absolute atomic E-state index is 0.735. The molecule has 0 fully saturated rings. The maximum Gasteiger partial charge on any atom is 0.183 e. The molecule has 0 radical (unpaired) electrons. The second-order valence-corrected chi connectivity index (χ2v) is 7.92. The van der Waals surface area contributed by atoms with E-state index in [1.54, 1.807) is 6.20 Å². The Hall–Kier alpha value is -0.843. The molecule has 0 amide bonds. The Kier molecular flexibility index (Phi) is 1.75. The van der Waals surface area contributed by atoms with Gasteiger partial charge in [-0.1, -0.05) is 24.8 Å². The number of hydrogen-bond donors (Lipinski definition) is 1. The number of nitrogens with zero attached hydrogens (tertiary/aromatic N) is 2. The summed E-state index contributed by atoms with van der Waals surface area (Å²) in [7, 11) is -1.27. The summed E-state index contributed by atoms with van der Waals surface area (Å²) in [6.45, 7) is 6.55. The zero-order valence-corrected chi connectivity index (χ0v) is 7.38. The molecule has 56 valence electrons. The molecule has 1 aromatic rings. The molecule has 0 saturated heterocycles. The van der Waals surface area contributed by atoms with Gasteiger partial charge in [-0.15, -0.1) is 0 Å². The van der Waals surface area contributed by atoms with Gasteiger partial charge in [-0.25, -0.2) is 4.63 Å². The molecule has 1 N–H and O–H groups in total. The highest BCUT2D eigenvalue weighted by Crippen LogP contribution is 2.06. The summed E-state index contributed by atoms with van der Waals surface area (Å²) >= 11 is 0. The Balaban J connectivity index is 2.57. The third kappa shape index (κ3) is 2.18. The van der Waals surface area contributed by atoms with E-state index in [2.05, 4.69) is 39.6 Å². The van der Waals surface area contributed by atoms with Crippen LogP contribution in [0.15, 0.2) is 10.8 Å². The molecule has 1 heterocycles. The van der Waals surface area contributed by atoms with Crippen LogP contribution in [0, 0.1) is 0 Å². The first-order valence-corrected chi connectivity index (χ1v) is 6.64. The minimum atomic E-state index is -1.27. The molecule has 0 aliphatic carbocycles. The fourth-order valence-corrected chi connectivity index (χ4v) is 1.48. The fraction of sp³-hybridized carbons (Fsp3) is 0.600. The number of nitrogens with one attached hydrogen (secondary N) is 1. The van der Waals surface area contributed by atoms with Gasteiger partial charge in [0, 0.05) is 0 Å². The summed E-state index contributed by atoms with van der Waals surface area (Å²) in [5, 5.41) is 7.12. The van der Waals surface area contributed by atoms with Crippen molar-refractivity contribution in [2.75, 3.05) is 4.98 Å². The lowest BCUT2D eigenvalue weighted by atomic mass is 10.8. The molecule has 1 aromatic heterocycles. The van der Waals surface area contributed by atoms with E-state index in [0.717, 1.165) is 5.82 Å². The van der Waals surface area contributed by atoms with Crippen molar-refractivity contribution in [2.45, 2.75) is 19.6 Å². The van der Waals surface area contributed by atoms with Crippen LogP contribution in [0.25, 0.3) is 0 Å². The van der Waals surface area contributed by atoms with Gasteiger partial charge in [0.1, 0.15) is 14.4 Å². The highest BCUT2D eigenvalue weighted by Gasteiger charge is 2.14. The van der Waals surface area contributed by atoms with Crippen LogP contribution in [0.4, 0.5) is 5.82 Å². The van der Waals surface area contributed by atoms with Crippen molar-refractivity contribution in [2.24, 2.45) is 0 Å². The van der Waals surface area contributed by atoms with E-state index in [1.165, 1.54) is 0 Å². The maximum atomic E-state index is 4.42. The van der Waals surface area contributed by atoms with Crippen LogP contribution in [0.2, 0.25) is 19.6 Å². The smallest absolute Gasteiger partial charge is 0.183 e. The number of rotatable bonds is 2. The normalized spacial score (nSPS) is 11.5. The summed E-state index contributed by atoms with van der Waals surface area (Å²) in [5.41, 5.74) is 0. The van der Waals surface area contributed by atoms with Gasteiger partial charge in [0.25, 0.3) is 0 Å². The standard InChI is InChI=1S/C5H11N3OSi/c1-10(2,3)8-5-4-6-9-7-5/h4H,1-3H3,(H,7,8). The Labute approximate surface area is 60.7 Å². The van der Waals surface area contributed by atoms with E-state index in [1.807, 2.05) is 0 Å². The van der Waals surface area contributed by atoms with E-state index >= 15 is 0 Å². The average Bonchev–Trinajstić information content (AvgIpc) is 2.12. The molecule has 5 heteroatoms. The Bertz CT molecular complexity index is 191. The maximum absolute atomic E-state index is 4.42. The summed E-state index contributed by atoms with van der Waals surface area (Å²) in [6, 6.07) is 0. The molecule has 0 aliphatic rings. The van der Waals surface area contributed by atoms with Gasteiger partial charge < -0.3 is 4.98 Å². The van der Waals surface area contributed by atoms with Crippen LogP contribution >= 0.6 is 0 Å². The fourth-order valence-electron chi connectivity index (χ4n) is 0.604. The van der Waals surface area contributed by atoms with E-state index in [0.29, 0.717) is 0 Å². The molecule has 10 heavy (non-hydrogen) atoms. The third-order valence-corrected chi connectivity index (χ3v) is 1.87. The average molecular weight is 157 g/mol. The molecular weight excluding hydrogens is 146 g/mol. The van der Waals surface area contributed by atoms with Crippen molar-refractivity contribution in [1.29, 1.82) is 0 Å². The first kappa shape index (κ1) is 7.27. The molecule has 0 saturated carbocycles. The van der Waals surface area contributed by atoms with Crippen LogP contribution in [-0.2, 0) is 0 Å². The van der Waals surface area contributed by atoms with Crippen molar-refractivity contribution in [3.8, 4) is 0 Å². The highest BCUT2D eigenvalue weighted by molar-refractivity contribution is 6.79. The lowest BCUT2D eigenvalue weighted by molar-refractivity contribution is 0.309. The SMILES string of the molecule is C[Si](C)(C)Nc1cnon1. The van der Waals surface area contributed by atoms with E-state index in [-0.39, 0.29) is 0 Å². The number of hydrogen-bond acceptors (Lipinski definition) is 4. The molecular formula is C5H11N3OSi. The first-order valence-electron chi connectivity index (χ1n) is 3.14. The summed E-state index contributed by atoms with van der Waals surface area (Å²) in [6.07, 6.45) is 1.58. The Morgan fingerprint density at radius 1 is 1.50 bits per heavy atom. The lowest BCUT2D eigenvalue weighted by Crippen LogP contribution is -2.32. The summed E-state index contributed by atoms with van der Waals surface area (Å²) < 4.78 is 4.42. The summed E-state index contributed by atoms with van der Waals surface area (Å²) in [4.78, 5) is 3.23. The second kappa shape index (κ2) is 2.41. The third-order valence-electron chi connectivity index (χ3n) is 0.864. The molecule has 0 aliphatic heterocycles. The van der Waals surface area contributed by atoms with Crippen molar-refractivity contribution in [3.05, 3.63) is 6.20 Å². The Morgan fingerprint density at radius 2 is 2.20 bits per heavy atom. The molecule has 0 atom stereocenters. The van der Waals surface area contributed by atoms with Gasteiger partial charge in [0.05, 0.1) is 0 Å². The van der Waals surface area contributed by atoms with Gasteiger partial charge in [0.2, 0.25) is 0 Å². The van der Waals surface area contributed by atoms with Crippen molar-refractivity contribution >= 4 is 14.1 Å². The van der Waals surface area contributed by atoms with Gasteiger partial charge >= 0.3 is 0 Å². The zero-order valence-electron chi connectivity index (χ0n) is 6.38. The van der Waals surface area contributed by atoms with Crippen molar-refractivity contribution in [1.82, 2.24) is 10.3 Å². The van der Waals surface area contributed by atoms with Gasteiger partial charge in [-0.3, -0.25) is 0 Å². The molecule has 0 unspecified atom stereocenters. The van der Waals surface area contributed by atoms with E-state index in [4.69, 9.17) is 0 Å². The number of aromatic nitrogens is 2. The summed E-state index contributed by atoms with van der Waals surface area (Å²) in [5.74, 6) is 0.735. The van der Waals surface area contributed by atoms with Crippen molar-refractivity contribution in [3.63, 3.8) is 0 Å². The quantitative estimate of drug-likeness (QED) is 0.658. The van der Waals surface area contributed by atoms with Gasteiger partial charge in [-0.2, -0.15) is 0 Å². The molecule has 4 nitrogen and oxygen atoms in total. The lowest BCUT2D eigenvalue weighted by Gasteiger charge is -2.15. The highest BCUT2D eigenvalue weighted by atomic mass is 28.3. The zero-order chi connectivity index (χ0) is 7.61. The topological polar surface area (TPSA) is 51.0 Å². The molecule has 0 spiro atoms. The molecule has 1 rings (SSSR count).